The van der Waals surface area contributed by atoms with Gasteiger partial charge in [0.25, 0.3) is 0 Å². The van der Waals surface area contributed by atoms with E-state index in [2.05, 4.69) is 14.9 Å². The minimum atomic E-state index is -0.310. The molecular weight excluding hydrogens is 424 g/mol. The van der Waals surface area contributed by atoms with E-state index in [1.807, 2.05) is 24.3 Å². The Bertz CT molecular complexity index is 1140. The molecule has 4 heterocycles. The molecule has 0 radical (unpaired) electrons. The summed E-state index contributed by atoms with van der Waals surface area (Å²) in [7, 11) is 1.59. The average Bonchev–Trinajstić information content (AvgIpc) is 3.51. The molecule has 33 heavy (non-hydrogen) atoms. The van der Waals surface area contributed by atoms with Crippen LogP contribution in [0.3, 0.4) is 0 Å². The van der Waals surface area contributed by atoms with Crippen molar-refractivity contribution in [2.24, 2.45) is 5.73 Å². The number of primary amides is 1. The van der Waals surface area contributed by atoms with Crippen LogP contribution in [0.4, 0.5) is 0 Å². The van der Waals surface area contributed by atoms with Crippen molar-refractivity contribution in [3.63, 3.8) is 0 Å². The number of piperidine rings is 1. The maximum Gasteiger partial charge on any atom is 0.238 e. The summed E-state index contributed by atoms with van der Waals surface area (Å²) in [4.78, 5) is 27.5. The van der Waals surface area contributed by atoms with E-state index in [4.69, 9.17) is 24.9 Å². The monoisotopic (exact) mass is 450 g/mol. The quantitative estimate of drug-likeness (QED) is 0.581. The lowest BCUT2D eigenvalue weighted by molar-refractivity contribution is -0.119. The van der Waals surface area contributed by atoms with Crippen LogP contribution in [-0.4, -0.2) is 56.8 Å². The molecule has 3 aromatic rings. The molecule has 2 aromatic heterocycles. The predicted octanol–water partition coefficient (Wildman–Crippen LogP) is 2.02. The second-order valence-corrected chi connectivity index (χ2v) is 8.31. The molecule has 2 atom stereocenters. The summed E-state index contributed by atoms with van der Waals surface area (Å²) in [5.41, 5.74) is 7.61. The zero-order chi connectivity index (χ0) is 22.8. The minimum Gasteiger partial charge on any atom is -0.481 e. The number of nitrogens with zero attached hydrogens (tertiary/aromatic N) is 5. The number of nitrogens with two attached hydrogens (primary N) is 1. The molecule has 0 spiro atoms. The predicted molar refractivity (Wildman–Crippen MR) is 118 cm³/mol. The summed E-state index contributed by atoms with van der Waals surface area (Å²) >= 11 is 0. The summed E-state index contributed by atoms with van der Waals surface area (Å²) in [6.07, 6.45) is 7.07. The molecule has 10 heteroatoms. The molecule has 2 aliphatic rings. The van der Waals surface area contributed by atoms with E-state index in [0.29, 0.717) is 18.4 Å². The highest BCUT2D eigenvalue weighted by molar-refractivity contribution is 5.74. The summed E-state index contributed by atoms with van der Waals surface area (Å²) in [5, 5.41) is 0. The first kappa shape index (κ1) is 21.2. The van der Waals surface area contributed by atoms with Gasteiger partial charge in [0.2, 0.25) is 24.5 Å². The van der Waals surface area contributed by atoms with E-state index in [1.54, 1.807) is 30.4 Å². The molecule has 1 aromatic carbocycles. The van der Waals surface area contributed by atoms with Crippen LogP contribution in [0.1, 0.15) is 36.4 Å². The lowest BCUT2D eigenvalue weighted by atomic mass is 9.86. The maximum absolute atomic E-state index is 11.9. The number of hydrogen-bond donors (Lipinski definition) is 1. The third-order valence-corrected chi connectivity index (χ3v) is 6.17. The highest BCUT2D eigenvalue weighted by atomic mass is 16.7. The van der Waals surface area contributed by atoms with Gasteiger partial charge in [-0.05, 0) is 37.1 Å². The van der Waals surface area contributed by atoms with Crippen LogP contribution >= 0.6 is 0 Å². The van der Waals surface area contributed by atoms with Gasteiger partial charge in [0.1, 0.15) is 6.33 Å². The highest BCUT2D eigenvalue weighted by Crippen LogP contribution is 2.36. The van der Waals surface area contributed by atoms with Gasteiger partial charge in [0, 0.05) is 43.4 Å². The largest absolute Gasteiger partial charge is 0.481 e. The van der Waals surface area contributed by atoms with Crippen molar-refractivity contribution in [3.8, 4) is 23.3 Å². The second-order valence-electron chi connectivity index (χ2n) is 8.31. The average molecular weight is 450 g/mol. The Balaban J connectivity index is 1.37. The number of carbonyl (C=O) groups excluding carboxylic acids is 1. The third kappa shape index (κ3) is 4.61. The summed E-state index contributed by atoms with van der Waals surface area (Å²) in [6, 6.07) is 7.85. The molecule has 172 valence electrons. The number of amides is 1. The Hall–Kier alpha value is -3.66. The molecule has 2 unspecified atom stereocenters. The molecule has 5 rings (SSSR count). The maximum atomic E-state index is 11.9. The Morgan fingerprint density at radius 3 is 2.91 bits per heavy atom. The summed E-state index contributed by atoms with van der Waals surface area (Å²) < 4.78 is 18.1. The molecule has 2 aliphatic heterocycles. The standard InChI is InChI=1S/C23H26N6O4/c1-31-22-11-18(26-23(27-22)29-7-5-25-13-29)16-4-6-28(17(9-16)10-21(24)30)12-15-2-3-19-20(8-15)33-14-32-19/h2-3,5,7-8,11,13,16-17H,4,6,9-10,12,14H2,1H3,(H2,24,30). The van der Waals surface area contributed by atoms with E-state index in [-0.39, 0.29) is 31.1 Å². The number of likely N-dealkylation sites (tertiary alicyclic amines) is 1. The molecule has 0 bridgehead atoms. The number of benzene rings is 1. The van der Waals surface area contributed by atoms with Crippen LogP contribution in [0.5, 0.6) is 17.4 Å². The van der Waals surface area contributed by atoms with Crippen molar-refractivity contribution in [2.45, 2.75) is 37.8 Å². The van der Waals surface area contributed by atoms with Crippen molar-refractivity contribution in [1.82, 2.24) is 24.4 Å². The molecule has 1 saturated heterocycles. The molecule has 0 saturated carbocycles. The van der Waals surface area contributed by atoms with Crippen LogP contribution in [0.2, 0.25) is 0 Å². The lowest BCUT2D eigenvalue weighted by Crippen LogP contribution is -2.43. The number of fused-ring (bicyclic) bond motifs is 1. The summed E-state index contributed by atoms with van der Waals surface area (Å²) in [5.74, 6) is 2.37. The molecular formula is C23H26N6O4. The van der Waals surface area contributed by atoms with Crippen molar-refractivity contribution in [2.75, 3.05) is 20.4 Å². The van der Waals surface area contributed by atoms with E-state index in [0.717, 1.165) is 42.1 Å². The van der Waals surface area contributed by atoms with Gasteiger partial charge in [-0.1, -0.05) is 6.07 Å². The van der Waals surface area contributed by atoms with Gasteiger partial charge in [0.05, 0.1) is 12.8 Å². The fraction of sp³-hybridized carbons (Fsp3) is 0.391. The fourth-order valence-corrected chi connectivity index (χ4v) is 4.53. The van der Waals surface area contributed by atoms with Crippen LogP contribution in [0.25, 0.3) is 5.95 Å². The number of methoxy groups -OCH3 is 1. The molecule has 10 nitrogen and oxygen atoms in total. The highest BCUT2D eigenvalue weighted by Gasteiger charge is 2.32. The van der Waals surface area contributed by atoms with Crippen molar-refractivity contribution in [1.29, 1.82) is 0 Å². The van der Waals surface area contributed by atoms with Gasteiger partial charge in [-0.2, -0.15) is 4.98 Å². The number of ether oxygens (including phenoxy) is 3. The number of hydrogen-bond acceptors (Lipinski definition) is 8. The summed E-state index contributed by atoms with van der Waals surface area (Å²) in [6.45, 7) is 1.76. The molecule has 2 N–H and O–H groups in total. The number of carbonyl (C=O) groups is 1. The zero-order valence-electron chi connectivity index (χ0n) is 18.4. The van der Waals surface area contributed by atoms with Gasteiger partial charge in [-0.25, -0.2) is 9.97 Å². The van der Waals surface area contributed by atoms with E-state index < -0.39 is 0 Å². The fourth-order valence-electron chi connectivity index (χ4n) is 4.53. The first-order valence-corrected chi connectivity index (χ1v) is 10.9. The first-order chi connectivity index (χ1) is 16.1. The SMILES string of the molecule is COc1cc(C2CCN(Cc3ccc4c(c3)OCO4)C(CC(N)=O)C2)nc(-n2ccnc2)n1. The normalized spacial score (nSPS) is 20.0. The van der Waals surface area contributed by atoms with Crippen LogP contribution in [0, 0.1) is 0 Å². The Morgan fingerprint density at radius 1 is 1.24 bits per heavy atom. The van der Waals surface area contributed by atoms with Gasteiger partial charge < -0.3 is 19.9 Å². The van der Waals surface area contributed by atoms with Crippen LogP contribution < -0.4 is 19.9 Å². The molecule has 1 fully saturated rings. The van der Waals surface area contributed by atoms with Crippen molar-refractivity contribution < 1.29 is 19.0 Å². The molecule has 0 aliphatic carbocycles. The van der Waals surface area contributed by atoms with Crippen LogP contribution in [-0.2, 0) is 11.3 Å². The van der Waals surface area contributed by atoms with Gasteiger partial charge in [-0.3, -0.25) is 14.3 Å². The minimum absolute atomic E-state index is 0.00401. The Labute approximate surface area is 191 Å². The lowest BCUT2D eigenvalue weighted by Gasteiger charge is -2.39. The number of rotatable bonds is 7. The number of aromatic nitrogens is 4. The topological polar surface area (TPSA) is 118 Å². The Morgan fingerprint density at radius 2 is 2.12 bits per heavy atom. The van der Waals surface area contributed by atoms with E-state index in [9.17, 15) is 4.79 Å². The molecule has 1 amide bonds. The van der Waals surface area contributed by atoms with Crippen LogP contribution in [0.15, 0.2) is 43.0 Å². The van der Waals surface area contributed by atoms with Gasteiger partial charge in [0.15, 0.2) is 11.5 Å². The number of imidazole rings is 1. The zero-order valence-corrected chi connectivity index (χ0v) is 18.4. The van der Waals surface area contributed by atoms with E-state index in [1.165, 1.54) is 0 Å². The van der Waals surface area contributed by atoms with Gasteiger partial charge >= 0.3 is 0 Å². The Kier molecular flexibility index (Phi) is 5.82. The van der Waals surface area contributed by atoms with E-state index >= 15 is 0 Å². The second kappa shape index (κ2) is 9.07. The van der Waals surface area contributed by atoms with Crippen molar-refractivity contribution in [3.05, 3.63) is 54.2 Å². The van der Waals surface area contributed by atoms with Crippen molar-refractivity contribution >= 4 is 5.91 Å². The smallest absolute Gasteiger partial charge is 0.238 e. The first-order valence-electron chi connectivity index (χ1n) is 10.9. The third-order valence-electron chi connectivity index (χ3n) is 6.17. The van der Waals surface area contributed by atoms with Gasteiger partial charge in [-0.15, -0.1) is 0 Å².